The summed E-state index contributed by atoms with van der Waals surface area (Å²) >= 11 is 0. The fourth-order valence-corrected chi connectivity index (χ4v) is 3.66. The molecule has 0 aromatic carbocycles. The fraction of sp³-hybridized carbons (Fsp3) is 0.733. The number of aromatic nitrogens is 1. The van der Waals surface area contributed by atoms with Gasteiger partial charge in [0, 0.05) is 38.1 Å². The van der Waals surface area contributed by atoms with Gasteiger partial charge in [-0.05, 0) is 39.3 Å². The lowest BCUT2D eigenvalue weighted by atomic mass is 10.3. The van der Waals surface area contributed by atoms with Crippen molar-refractivity contribution in [3.63, 3.8) is 0 Å². The molecule has 1 aromatic heterocycles. The second-order valence-corrected chi connectivity index (χ2v) is 7.41. The van der Waals surface area contributed by atoms with Gasteiger partial charge in [-0.2, -0.15) is 4.31 Å². The molecular weight excluding hydrogens is 286 g/mol. The summed E-state index contributed by atoms with van der Waals surface area (Å²) in [5.74, 6) is 0. The van der Waals surface area contributed by atoms with Crippen LogP contribution in [0.25, 0.3) is 0 Å². The van der Waals surface area contributed by atoms with Gasteiger partial charge in [-0.25, -0.2) is 8.42 Å². The summed E-state index contributed by atoms with van der Waals surface area (Å²) in [5.41, 5.74) is 1.02. The maximum atomic E-state index is 12.6. The third-order valence-corrected chi connectivity index (χ3v) is 5.86. The van der Waals surface area contributed by atoms with Crippen molar-refractivity contribution in [1.29, 1.82) is 0 Å². The van der Waals surface area contributed by atoms with Crippen LogP contribution in [0.4, 0.5) is 0 Å². The molecule has 0 aliphatic rings. The first-order chi connectivity index (χ1) is 9.88. The maximum Gasteiger partial charge on any atom is 0.244 e. The lowest BCUT2D eigenvalue weighted by molar-refractivity contribution is 0.380. The number of hydrogen-bond acceptors (Lipinski definition) is 3. The molecule has 122 valence electrons. The highest BCUT2D eigenvalue weighted by Crippen LogP contribution is 2.20. The van der Waals surface area contributed by atoms with Crippen LogP contribution in [0.3, 0.4) is 0 Å². The number of nitrogens with one attached hydrogen (secondary N) is 1. The first-order valence-electron chi connectivity index (χ1n) is 7.76. The van der Waals surface area contributed by atoms with E-state index in [9.17, 15) is 8.42 Å². The van der Waals surface area contributed by atoms with Gasteiger partial charge >= 0.3 is 0 Å². The number of sulfonamides is 1. The molecule has 6 heteroatoms. The molecule has 0 amide bonds. The summed E-state index contributed by atoms with van der Waals surface area (Å²) in [7, 11) is -1.75. The summed E-state index contributed by atoms with van der Waals surface area (Å²) in [6.07, 6.45) is 3.61. The molecule has 0 aliphatic heterocycles. The highest BCUT2D eigenvalue weighted by molar-refractivity contribution is 7.89. The van der Waals surface area contributed by atoms with Crippen LogP contribution in [0.1, 0.15) is 46.2 Å². The zero-order valence-corrected chi connectivity index (χ0v) is 14.7. The minimum Gasteiger partial charge on any atom is -0.349 e. The standard InChI is InChI=1S/C15H29N3O2S/c1-6-9-16-11-14-10-15(12-18(14)8-3)21(19,20)17(5)13(4)7-2/h10,12-13,16H,6-9,11H2,1-5H3. The summed E-state index contributed by atoms with van der Waals surface area (Å²) < 4.78 is 28.7. The Labute approximate surface area is 129 Å². The summed E-state index contributed by atoms with van der Waals surface area (Å²) in [6.45, 7) is 10.5. The SMILES string of the molecule is CCCNCc1cc(S(=O)(=O)N(C)C(C)CC)cn1CC. The summed E-state index contributed by atoms with van der Waals surface area (Å²) in [6, 6.07) is 1.79. The van der Waals surface area contributed by atoms with Crippen LogP contribution in [0.5, 0.6) is 0 Å². The molecule has 1 rings (SSSR count). The van der Waals surface area contributed by atoms with Gasteiger partial charge in [0.2, 0.25) is 10.0 Å². The van der Waals surface area contributed by atoms with Gasteiger partial charge in [-0.15, -0.1) is 0 Å². The van der Waals surface area contributed by atoms with E-state index >= 15 is 0 Å². The molecule has 0 spiro atoms. The number of hydrogen-bond donors (Lipinski definition) is 1. The first kappa shape index (κ1) is 18.2. The van der Waals surface area contributed by atoms with E-state index in [-0.39, 0.29) is 6.04 Å². The zero-order valence-electron chi connectivity index (χ0n) is 13.9. The lowest BCUT2D eigenvalue weighted by Gasteiger charge is -2.22. The van der Waals surface area contributed by atoms with E-state index in [1.807, 2.05) is 25.3 Å². The Morgan fingerprint density at radius 3 is 2.52 bits per heavy atom. The van der Waals surface area contributed by atoms with Crippen molar-refractivity contribution in [3.05, 3.63) is 18.0 Å². The Morgan fingerprint density at radius 2 is 2.00 bits per heavy atom. The van der Waals surface area contributed by atoms with Crippen molar-refractivity contribution < 1.29 is 8.42 Å². The van der Waals surface area contributed by atoms with Crippen molar-refractivity contribution in [3.8, 4) is 0 Å². The molecule has 1 unspecified atom stereocenters. The highest BCUT2D eigenvalue weighted by atomic mass is 32.2. The van der Waals surface area contributed by atoms with Crippen molar-refractivity contribution in [2.24, 2.45) is 0 Å². The Bertz CT molecular complexity index is 537. The Hall–Kier alpha value is -0.850. The molecule has 21 heavy (non-hydrogen) atoms. The Balaban J connectivity index is 3.02. The zero-order chi connectivity index (χ0) is 16.0. The van der Waals surface area contributed by atoms with Crippen LogP contribution in [0.2, 0.25) is 0 Å². The van der Waals surface area contributed by atoms with Crippen LogP contribution in [-0.4, -0.2) is 36.9 Å². The predicted octanol–water partition coefficient (Wildman–Crippen LogP) is 2.43. The van der Waals surface area contributed by atoms with E-state index in [4.69, 9.17) is 0 Å². The van der Waals surface area contributed by atoms with Gasteiger partial charge in [-0.3, -0.25) is 0 Å². The van der Waals surface area contributed by atoms with E-state index in [1.54, 1.807) is 19.3 Å². The topological polar surface area (TPSA) is 54.3 Å². The average Bonchev–Trinajstić information content (AvgIpc) is 2.89. The Morgan fingerprint density at radius 1 is 1.33 bits per heavy atom. The molecule has 0 saturated carbocycles. The highest BCUT2D eigenvalue weighted by Gasteiger charge is 2.26. The van der Waals surface area contributed by atoms with E-state index in [0.717, 1.165) is 31.6 Å². The minimum absolute atomic E-state index is 0.00152. The van der Waals surface area contributed by atoms with Gasteiger partial charge in [0.25, 0.3) is 0 Å². The quantitative estimate of drug-likeness (QED) is 0.712. The average molecular weight is 315 g/mol. The monoisotopic (exact) mass is 315 g/mol. The second kappa shape index (κ2) is 7.96. The number of rotatable bonds is 9. The normalized spacial score (nSPS) is 13.8. The maximum absolute atomic E-state index is 12.6. The lowest BCUT2D eigenvalue weighted by Crippen LogP contribution is -2.34. The number of nitrogens with zero attached hydrogens (tertiary/aromatic N) is 2. The third kappa shape index (κ3) is 4.31. The molecular formula is C15H29N3O2S. The van der Waals surface area contributed by atoms with Crippen LogP contribution in [0, 0.1) is 0 Å². The fourth-order valence-electron chi connectivity index (χ4n) is 2.16. The number of aryl methyl sites for hydroxylation is 1. The molecule has 5 nitrogen and oxygen atoms in total. The van der Waals surface area contributed by atoms with Crippen LogP contribution in [0.15, 0.2) is 17.2 Å². The van der Waals surface area contributed by atoms with E-state index in [0.29, 0.717) is 11.4 Å². The first-order valence-corrected chi connectivity index (χ1v) is 9.20. The molecule has 1 atom stereocenters. The Kier molecular flexibility index (Phi) is 6.90. The third-order valence-electron chi connectivity index (χ3n) is 3.92. The van der Waals surface area contributed by atoms with Crippen molar-refractivity contribution >= 4 is 10.0 Å². The van der Waals surface area contributed by atoms with E-state index in [2.05, 4.69) is 12.2 Å². The smallest absolute Gasteiger partial charge is 0.244 e. The van der Waals surface area contributed by atoms with E-state index in [1.165, 1.54) is 4.31 Å². The molecule has 1 heterocycles. The van der Waals surface area contributed by atoms with Gasteiger partial charge < -0.3 is 9.88 Å². The molecule has 0 radical (unpaired) electrons. The second-order valence-electron chi connectivity index (χ2n) is 5.41. The van der Waals surface area contributed by atoms with Crippen molar-refractivity contribution in [2.45, 2.75) is 64.6 Å². The van der Waals surface area contributed by atoms with Crippen LogP contribution < -0.4 is 5.32 Å². The largest absolute Gasteiger partial charge is 0.349 e. The molecule has 1 N–H and O–H groups in total. The van der Waals surface area contributed by atoms with Crippen molar-refractivity contribution in [2.75, 3.05) is 13.6 Å². The minimum atomic E-state index is -3.41. The summed E-state index contributed by atoms with van der Waals surface area (Å²) in [5, 5.41) is 3.32. The molecule has 0 fully saturated rings. The predicted molar refractivity (Wildman–Crippen MR) is 86.8 cm³/mol. The van der Waals surface area contributed by atoms with E-state index < -0.39 is 10.0 Å². The van der Waals surface area contributed by atoms with Crippen LogP contribution >= 0.6 is 0 Å². The van der Waals surface area contributed by atoms with Crippen molar-refractivity contribution in [1.82, 2.24) is 14.2 Å². The van der Waals surface area contributed by atoms with Gasteiger partial charge in [0.05, 0.1) is 0 Å². The molecule has 0 aliphatic carbocycles. The molecule has 1 aromatic rings. The summed E-state index contributed by atoms with van der Waals surface area (Å²) in [4.78, 5) is 0.389. The van der Waals surface area contributed by atoms with Gasteiger partial charge in [0.15, 0.2) is 0 Å². The molecule has 0 saturated heterocycles. The van der Waals surface area contributed by atoms with Crippen LogP contribution in [-0.2, 0) is 23.1 Å². The van der Waals surface area contributed by atoms with Gasteiger partial charge in [0.1, 0.15) is 4.90 Å². The molecule has 0 bridgehead atoms. The van der Waals surface area contributed by atoms with Gasteiger partial charge in [-0.1, -0.05) is 13.8 Å².